The molecule has 0 aliphatic heterocycles. The maximum absolute atomic E-state index is 11.1. The zero-order valence-electron chi connectivity index (χ0n) is 8.64. The van der Waals surface area contributed by atoms with Gasteiger partial charge in [-0.2, -0.15) is 0 Å². The molecular weight excluding hydrogens is 256 g/mol. The quantitative estimate of drug-likeness (QED) is 0.896. The van der Waals surface area contributed by atoms with E-state index in [1.54, 1.807) is 6.92 Å². The molecule has 1 N–H and O–H groups in total. The van der Waals surface area contributed by atoms with Crippen LogP contribution in [-0.2, 0) is 24.1 Å². The van der Waals surface area contributed by atoms with Gasteiger partial charge in [0.05, 0.1) is 4.47 Å². The van der Waals surface area contributed by atoms with Crippen molar-refractivity contribution in [2.45, 2.75) is 32.6 Å². The smallest absolute Gasteiger partial charge is 0.134 e. The van der Waals surface area contributed by atoms with Gasteiger partial charge in [-0.3, -0.25) is 4.79 Å². The maximum atomic E-state index is 11.1. The number of Topliss-reactive ketones (excluding diaryl/α,β-unsaturated/α-hetero) is 1. The molecule has 1 aromatic rings. The van der Waals surface area contributed by atoms with Crippen molar-refractivity contribution in [1.82, 2.24) is 0 Å². The Kier molecular flexibility index (Phi) is 2.83. The van der Waals surface area contributed by atoms with Crippen LogP contribution in [0.1, 0.15) is 30.0 Å². The van der Waals surface area contributed by atoms with Crippen LogP contribution in [0.15, 0.2) is 10.5 Å². The van der Waals surface area contributed by atoms with E-state index in [-0.39, 0.29) is 11.5 Å². The van der Waals surface area contributed by atoms with Crippen molar-refractivity contribution in [2.75, 3.05) is 0 Å². The van der Waals surface area contributed by atoms with Gasteiger partial charge < -0.3 is 5.11 Å². The average Bonchev–Trinajstić information content (AvgIpc) is 2.61. The first-order valence-corrected chi connectivity index (χ1v) is 5.90. The Labute approximate surface area is 97.4 Å². The van der Waals surface area contributed by atoms with E-state index < -0.39 is 0 Å². The summed E-state index contributed by atoms with van der Waals surface area (Å²) in [7, 11) is 0. The second-order valence-electron chi connectivity index (χ2n) is 4.07. The van der Waals surface area contributed by atoms with E-state index >= 15 is 0 Å². The summed E-state index contributed by atoms with van der Waals surface area (Å²) in [6, 6.07) is 1.98. The van der Waals surface area contributed by atoms with Gasteiger partial charge in [-0.05, 0) is 53.2 Å². The zero-order valence-corrected chi connectivity index (χ0v) is 10.2. The highest BCUT2D eigenvalue weighted by atomic mass is 79.9. The number of aromatic hydroxyl groups is 1. The predicted molar refractivity (Wildman–Crippen MR) is 62.2 cm³/mol. The number of benzene rings is 1. The number of carbonyl (C=O) groups excluding carboxylic acids is 1. The van der Waals surface area contributed by atoms with Crippen molar-refractivity contribution in [3.8, 4) is 5.75 Å². The number of phenols is 1. The molecule has 0 unspecified atom stereocenters. The molecule has 0 amide bonds. The lowest BCUT2D eigenvalue weighted by molar-refractivity contribution is -0.116. The summed E-state index contributed by atoms with van der Waals surface area (Å²) in [4.78, 5) is 11.1. The van der Waals surface area contributed by atoms with Crippen LogP contribution in [0.5, 0.6) is 5.75 Å². The molecule has 0 spiro atoms. The van der Waals surface area contributed by atoms with Gasteiger partial charge in [0.25, 0.3) is 0 Å². The van der Waals surface area contributed by atoms with Gasteiger partial charge >= 0.3 is 0 Å². The molecule has 0 fully saturated rings. The molecule has 0 aromatic heterocycles. The summed E-state index contributed by atoms with van der Waals surface area (Å²) in [5, 5.41) is 9.91. The number of ketones is 1. The van der Waals surface area contributed by atoms with Crippen molar-refractivity contribution < 1.29 is 9.90 Å². The molecule has 2 rings (SSSR count). The van der Waals surface area contributed by atoms with E-state index in [1.807, 2.05) is 6.07 Å². The van der Waals surface area contributed by atoms with Crippen LogP contribution >= 0.6 is 15.9 Å². The van der Waals surface area contributed by atoms with Crippen LogP contribution in [0, 0.1) is 0 Å². The highest BCUT2D eigenvalue weighted by Crippen LogP contribution is 2.38. The minimum atomic E-state index is 0.0788. The van der Waals surface area contributed by atoms with Crippen molar-refractivity contribution in [1.29, 1.82) is 0 Å². The number of halogens is 1. The van der Waals surface area contributed by atoms with Crippen LogP contribution in [0.3, 0.4) is 0 Å². The van der Waals surface area contributed by atoms with Crippen molar-refractivity contribution in [3.63, 3.8) is 0 Å². The van der Waals surface area contributed by atoms with Gasteiger partial charge in [-0.1, -0.05) is 6.07 Å². The molecule has 3 heteroatoms. The van der Waals surface area contributed by atoms with Gasteiger partial charge in [0.15, 0.2) is 0 Å². The molecule has 0 heterocycles. The Balaban J connectivity index is 2.49. The molecule has 2 nitrogen and oxygen atoms in total. The Hall–Kier alpha value is -0.830. The number of fused-ring (bicyclic) bond motifs is 1. The summed E-state index contributed by atoms with van der Waals surface area (Å²) in [6.45, 7) is 1.54. The second-order valence-corrected chi connectivity index (χ2v) is 4.86. The number of phenolic OH excluding ortho intramolecular Hbond substituents is 1. The summed E-state index contributed by atoms with van der Waals surface area (Å²) in [6.07, 6.45) is 3.53. The monoisotopic (exact) mass is 268 g/mol. The Morgan fingerprint density at radius 3 is 2.93 bits per heavy atom. The topological polar surface area (TPSA) is 37.3 Å². The molecular formula is C12H13BrO2. The number of carbonyl (C=O) groups is 1. The van der Waals surface area contributed by atoms with Gasteiger partial charge in [0.2, 0.25) is 0 Å². The van der Waals surface area contributed by atoms with Crippen LogP contribution in [0.2, 0.25) is 0 Å². The first-order chi connectivity index (χ1) is 7.09. The molecule has 0 atom stereocenters. The second kappa shape index (κ2) is 3.97. The third-order valence-corrected chi connectivity index (χ3v) is 3.68. The number of aryl methyl sites for hydroxylation is 1. The fourth-order valence-corrected chi connectivity index (χ4v) is 2.85. The van der Waals surface area contributed by atoms with E-state index in [2.05, 4.69) is 15.9 Å². The molecule has 0 saturated carbocycles. The Bertz CT molecular complexity index is 424. The molecule has 0 bridgehead atoms. The average molecular weight is 269 g/mol. The van der Waals surface area contributed by atoms with Crippen molar-refractivity contribution in [2.24, 2.45) is 0 Å². The van der Waals surface area contributed by atoms with Gasteiger partial charge in [-0.25, -0.2) is 0 Å². The minimum Gasteiger partial charge on any atom is -0.506 e. The summed E-state index contributed by atoms with van der Waals surface area (Å²) >= 11 is 3.41. The first kappa shape index (κ1) is 10.7. The minimum absolute atomic E-state index is 0.0788. The van der Waals surface area contributed by atoms with E-state index in [9.17, 15) is 9.90 Å². The van der Waals surface area contributed by atoms with Gasteiger partial charge in [0, 0.05) is 12.0 Å². The Morgan fingerprint density at radius 2 is 2.27 bits per heavy atom. The van der Waals surface area contributed by atoms with Gasteiger partial charge in [-0.15, -0.1) is 0 Å². The highest BCUT2D eigenvalue weighted by Gasteiger charge is 2.19. The van der Waals surface area contributed by atoms with E-state index in [4.69, 9.17) is 0 Å². The number of hydrogen-bond donors (Lipinski definition) is 1. The van der Waals surface area contributed by atoms with Crippen LogP contribution in [-0.4, -0.2) is 10.9 Å². The number of rotatable bonds is 2. The normalized spacial score (nSPS) is 14.0. The lowest BCUT2D eigenvalue weighted by atomic mass is 10.0. The van der Waals surface area contributed by atoms with Gasteiger partial charge in [0.1, 0.15) is 11.5 Å². The van der Waals surface area contributed by atoms with Crippen LogP contribution in [0.4, 0.5) is 0 Å². The molecule has 0 saturated heterocycles. The largest absolute Gasteiger partial charge is 0.506 e. The molecule has 0 radical (unpaired) electrons. The standard InChI is InChI=1S/C12H13BrO2/c1-7(14)5-9-6-8-3-2-4-10(8)11(13)12(9)15/h6,15H,2-5H2,1H3. The van der Waals surface area contributed by atoms with Crippen LogP contribution in [0.25, 0.3) is 0 Å². The molecule has 15 heavy (non-hydrogen) atoms. The SMILES string of the molecule is CC(=O)Cc1cc2c(c(Br)c1O)CCC2. The molecule has 1 aliphatic carbocycles. The lowest BCUT2D eigenvalue weighted by Crippen LogP contribution is -1.99. The highest BCUT2D eigenvalue weighted by molar-refractivity contribution is 9.10. The first-order valence-electron chi connectivity index (χ1n) is 5.11. The third kappa shape index (κ3) is 1.93. The summed E-state index contributed by atoms with van der Waals surface area (Å²) < 4.78 is 0.786. The molecule has 1 aromatic carbocycles. The predicted octanol–water partition coefficient (Wildman–Crippen LogP) is 2.77. The fourth-order valence-electron chi connectivity index (χ4n) is 2.14. The zero-order chi connectivity index (χ0) is 11.0. The van der Waals surface area contributed by atoms with E-state index in [0.717, 1.165) is 29.3 Å². The van der Waals surface area contributed by atoms with Crippen molar-refractivity contribution in [3.05, 3.63) is 27.2 Å². The Morgan fingerprint density at radius 1 is 1.53 bits per heavy atom. The summed E-state index contributed by atoms with van der Waals surface area (Å²) in [5.41, 5.74) is 3.23. The summed E-state index contributed by atoms with van der Waals surface area (Å²) in [5.74, 6) is 0.320. The fraction of sp³-hybridized carbons (Fsp3) is 0.417. The maximum Gasteiger partial charge on any atom is 0.134 e. The van der Waals surface area contributed by atoms with Crippen LogP contribution < -0.4 is 0 Å². The lowest BCUT2D eigenvalue weighted by Gasteiger charge is -2.10. The van der Waals surface area contributed by atoms with E-state index in [0.29, 0.717) is 6.42 Å². The van der Waals surface area contributed by atoms with E-state index in [1.165, 1.54) is 11.1 Å². The molecule has 1 aliphatic rings. The van der Waals surface area contributed by atoms with Crippen molar-refractivity contribution >= 4 is 21.7 Å². The number of hydrogen-bond acceptors (Lipinski definition) is 2. The molecule has 80 valence electrons. The third-order valence-electron chi connectivity index (χ3n) is 2.83.